The van der Waals surface area contributed by atoms with E-state index in [4.69, 9.17) is 4.74 Å². The highest BCUT2D eigenvalue weighted by Crippen LogP contribution is 2.31. The molecule has 9 nitrogen and oxygen atoms in total. The molecule has 0 aromatic heterocycles. The Labute approximate surface area is 182 Å². The Bertz CT molecular complexity index is 1160. The van der Waals surface area contributed by atoms with E-state index < -0.39 is 26.0 Å². The molecular formula is C20H25N3O6S2. The quantitative estimate of drug-likeness (QED) is 0.643. The van der Waals surface area contributed by atoms with Gasteiger partial charge in [0, 0.05) is 24.3 Å². The van der Waals surface area contributed by atoms with Gasteiger partial charge in [-0.05, 0) is 62.4 Å². The Hall–Kier alpha value is -2.47. The monoisotopic (exact) mass is 467 g/mol. The number of rotatable bonds is 7. The number of methoxy groups -OCH3 is 1. The van der Waals surface area contributed by atoms with E-state index in [1.54, 1.807) is 6.07 Å². The zero-order valence-corrected chi connectivity index (χ0v) is 18.9. The molecule has 168 valence electrons. The second-order valence-electron chi connectivity index (χ2n) is 7.02. The lowest BCUT2D eigenvalue weighted by atomic mass is 10.2. The van der Waals surface area contributed by atoms with Crippen LogP contribution in [0, 0.1) is 0 Å². The number of carbonyl (C=O) groups is 1. The molecule has 1 heterocycles. The summed E-state index contributed by atoms with van der Waals surface area (Å²) in [5, 5.41) is 2.65. The molecule has 0 atom stereocenters. The molecule has 3 rings (SSSR count). The van der Waals surface area contributed by atoms with Crippen LogP contribution in [0.15, 0.2) is 52.3 Å². The third-order valence-corrected chi connectivity index (χ3v) is 8.40. The summed E-state index contributed by atoms with van der Waals surface area (Å²) in [5.41, 5.74) is 0.514. The van der Waals surface area contributed by atoms with Crippen LogP contribution in [0.1, 0.15) is 29.6 Å². The molecule has 2 aromatic rings. The van der Waals surface area contributed by atoms with E-state index in [0.29, 0.717) is 13.1 Å². The third kappa shape index (κ3) is 5.06. The fourth-order valence-corrected chi connectivity index (χ4v) is 5.74. The largest absolute Gasteiger partial charge is 0.495 e. The van der Waals surface area contributed by atoms with Crippen molar-refractivity contribution in [1.29, 1.82) is 0 Å². The number of anilines is 1. The van der Waals surface area contributed by atoms with Crippen molar-refractivity contribution in [2.75, 3.05) is 32.6 Å². The Morgan fingerprint density at radius 1 is 0.968 bits per heavy atom. The first-order chi connectivity index (χ1) is 14.7. The summed E-state index contributed by atoms with van der Waals surface area (Å²) in [5.74, 6) is -0.301. The Balaban J connectivity index is 1.85. The van der Waals surface area contributed by atoms with Crippen molar-refractivity contribution in [3.05, 3.63) is 48.0 Å². The minimum absolute atomic E-state index is 0.00911. The van der Waals surface area contributed by atoms with Gasteiger partial charge in [-0.15, -0.1) is 0 Å². The molecule has 1 aliphatic heterocycles. The second kappa shape index (κ2) is 9.35. The SMILES string of the molecule is CNS(=O)(=O)c1ccc(C(=O)Nc2ccc(OC)c(S(=O)(=O)N3CCCCC3)c2)cc1. The van der Waals surface area contributed by atoms with Crippen molar-refractivity contribution in [2.45, 2.75) is 29.1 Å². The standard InChI is InChI=1S/C20H25N3O6S2/c1-21-30(25,26)17-9-6-15(7-10-17)20(24)22-16-8-11-18(29-2)19(14-16)31(27,28)23-12-4-3-5-13-23/h6-11,14,21H,3-5,12-13H2,1-2H3,(H,22,24). The number of piperidine rings is 1. The van der Waals surface area contributed by atoms with Crippen LogP contribution in [0.25, 0.3) is 0 Å². The van der Waals surface area contributed by atoms with Gasteiger partial charge in [-0.25, -0.2) is 21.6 Å². The molecule has 11 heteroatoms. The van der Waals surface area contributed by atoms with Gasteiger partial charge in [-0.1, -0.05) is 6.42 Å². The molecular weight excluding hydrogens is 442 g/mol. The van der Waals surface area contributed by atoms with Crippen molar-refractivity contribution in [2.24, 2.45) is 0 Å². The lowest BCUT2D eigenvalue weighted by Gasteiger charge is -2.26. The first-order valence-corrected chi connectivity index (χ1v) is 12.6. The van der Waals surface area contributed by atoms with Gasteiger partial charge < -0.3 is 10.1 Å². The van der Waals surface area contributed by atoms with Crippen molar-refractivity contribution in [3.63, 3.8) is 0 Å². The smallest absolute Gasteiger partial charge is 0.255 e. The molecule has 1 amide bonds. The molecule has 1 aliphatic rings. The lowest BCUT2D eigenvalue weighted by molar-refractivity contribution is 0.102. The van der Waals surface area contributed by atoms with Crippen LogP contribution >= 0.6 is 0 Å². The van der Waals surface area contributed by atoms with Crippen LogP contribution in [0.2, 0.25) is 0 Å². The van der Waals surface area contributed by atoms with E-state index in [9.17, 15) is 21.6 Å². The predicted molar refractivity (Wildman–Crippen MR) is 116 cm³/mol. The van der Waals surface area contributed by atoms with Gasteiger partial charge in [0.25, 0.3) is 5.91 Å². The first-order valence-electron chi connectivity index (χ1n) is 9.72. The van der Waals surface area contributed by atoms with E-state index in [1.807, 2.05) is 0 Å². The van der Waals surface area contributed by atoms with Crippen LogP contribution in [0.4, 0.5) is 5.69 Å². The molecule has 1 fully saturated rings. The number of amides is 1. The average molecular weight is 468 g/mol. The van der Waals surface area contributed by atoms with E-state index in [0.717, 1.165) is 19.3 Å². The molecule has 2 aromatic carbocycles. The molecule has 1 saturated heterocycles. The fraction of sp³-hybridized carbons (Fsp3) is 0.350. The Morgan fingerprint density at radius 2 is 1.61 bits per heavy atom. The molecule has 0 aliphatic carbocycles. The van der Waals surface area contributed by atoms with E-state index >= 15 is 0 Å². The first kappa shape index (κ1) is 23.2. The number of hydrogen-bond acceptors (Lipinski definition) is 6. The lowest BCUT2D eigenvalue weighted by Crippen LogP contribution is -2.35. The summed E-state index contributed by atoms with van der Waals surface area (Å²) in [7, 11) is -4.68. The van der Waals surface area contributed by atoms with Crippen LogP contribution in [-0.2, 0) is 20.0 Å². The topological polar surface area (TPSA) is 122 Å². The minimum Gasteiger partial charge on any atom is -0.495 e. The maximum atomic E-state index is 13.1. The van der Waals surface area contributed by atoms with Gasteiger partial charge in [0.15, 0.2) is 0 Å². The highest BCUT2D eigenvalue weighted by Gasteiger charge is 2.29. The molecule has 31 heavy (non-hydrogen) atoms. The zero-order valence-electron chi connectivity index (χ0n) is 17.3. The van der Waals surface area contributed by atoms with E-state index in [-0.39, 0.29) is 26.8 Å². The van der Waals surface area contributed by atoms with Crippen LogP contribution in [0.5, 0.6) is 5.75 Å². The molecule has 0 spiro atoms. The molecule has 0 bridgehead atoms. The number of nitrogens with zero attached hydrogens (tertiary/aromatic N) is 1. The van der Waals surface area contributed by atoms with Crippen molar-refractivity contribution >= 4 is 31.6 Å². The average Bonchev–Trinajstić information content (AvgIpc) is 2.79. The molecule has 0 radical (unpaired) electrons. The molecule has 0 unspecified atom stereocenters. The maximum absolute atomic E-state index is 13.1. The minimum atomic E-state index is -3.77. The van der Waals surface area contributed by atoms with Gasteiger partial charge in [-0.2, -0.15) is 4.31 Å². The van der Waals surface area contributed by atoms with Crippen molar-refractivity contribution in [1.82, 2.24) is 9.03 Å². The van der Waals surface area contributed by atoms with Gasteiger partial charge in [-0.3, -0.25) is 4.79 Å². The summed E-state index contributed by atoms with van der Waals surface area (Å²) < 4.78 is 58.7. The molecule has 0 saturated carbocycles. The summed E-state index contributed by atoms with van der Waals surface area (Å²) in [6.07, 6.45) is 2.60. The maximum Gasteiger partial charge on any atom is 0.255 e. The predicted octanol–water partition coefficient (Wildman–Crippen LogP) is 2.03. The number of benzene rings is 2. The summed E-state index contributed by atoms with van der Waals surface area (Å²) in [6, 6.07) is 9.83. The third-order valence-electron chi connectivity index (χ3n) is 5.05. The fourth-order valence-electron chi connectivity index (χ4n) is 3.31. The second-order valence-corrected chi connectivity index (χ2v) is 10.8. The van der Waals surface area contributed by atoms with Crippen LogP contribution < -0.4 is 14.8 Å². The van der Waals surface area contributed by atoms with Gasteiger partial charge in [0.1, 0.15) is 10.6 Å². The number of nitrogens with one attached hydrogen (secondary N) is 2. The summed E-state index contributed by atoms with van der Waals surface area (Å²) in [4.78, 5) is 12.6. The number of ether oxygens (including phenoxy) is 1. The van der Waals surface area contributed by atoms with E-state index in [1.165, 1.54) is 54.9 Å². The van der Waals surface area contributed by atoms with Crippen molar-refractivity contribution < 1.29 is 26.4 Å². The Kier molecular flexibility index (Phi) is 6.99. The van der Waals surface area contributed by atoms with Crippen LogP contribution in [0.3, 0.4) is 0 Å². The normalized spacial score (nSPS) is 15.4. The van der Waals surface area contributed by atoms with Gasteiger partial charge in [0.2, 0.25) is 20.0 Å². The molecule has 2 N–H and O–H groups in total. The summed E-state index contributed by atoms with van der Waals surface area (Å²) in [6.45, 7) is 0.897. The van der Waals surface area contributed by atoms with Gasteiger partial charge in [0.05, 0.1) is 12.0 Å². The number of hydrogen-bond donors (Lipinski definition) is 2. The highest BCUT2D eigenvalue weighted by molar-refractivity contribution is 7.89. The van der Waals surface area contributed by atoms with Crippen LogP contribution in [-0.4, -0.2) is 54.3 Å². The van der Waals surface area contributed by atoms with Gasteiger partial charge >= 0.3 is 0 Å². The highest BCUT2D eigenvalue weighted by atomic mass is 32.2. The number of sulfonamides is 2. The zero-order chi connectivity index (χ0) is 22.6. The van der Waals surface area contributed by atoms with Crippen molar-refractivity contribution in [3.8, 4) is 5.75 Å². The van der Waals surface area contributed by atoms with E-state index in [2.05, 4.69) is 10.0 Å². The summed E-state index contributed by atoms with van der Waals surface area (Å²) >= 11 is 0. The number of carbonyl (C=O) groups excluding carboxylic acids is 1. The Morgan fingerprint density at radius 3 is 2.19 bits per heavy atom.